The summed E-state index contributed by atoms with van der Waals surface area (Å²) in [5.41, 5.74) is 0.671. The van der Waals surface area contributed by atoms with Gasteiger partial charge in [-0.1, -0.05) is 43.9 Å². The molecule has 1 atom stereocenters. The minimum atomic E-state index is -0.174. The van der Waals surface area contributed by atoms with Crippen LogP contribution in [0, 0.1) is 11.7 Å². The summed E-state index contributed by atoms with van der Waals surface area (Å²) in [6, 6.07) is 5.06. The van der Waals surface area contributed by atoms with Crippen LogP contribution in [0.25, 0.3) is 0 Å². The van der Waals surface area contributed by atoms with Crippen LogP contribution in [0.15, 0.2) is 18.2 Å². The molecule has 1 saturated carbocycles. The van der Waals surface area contributed by atoms with Gasteiger partial charge in [-0.2, -0.15) is 0 Å². The zero-order valence-electron chi connectivity index (χ0n) is 11.6. The smallest absolute Gasteiger partial charge is 0.129 e. The Labute approximate surface area is 120 Å². The molecule has 1 aliphatic carbocycles. The molecule has 1 aliphatic rings. The highest BCUT2D eigenvalue weighted by atomic mass is 35.5. The Morgan fingerprint density at radius 2 is 2.05 bits per heavy atom. The Bertz CT molecular complexity index is 381. The second-order valence-electron chi connectivity index (χ2n) is 5.47. The van der Waals surface area contributed by atoms with Gasteiger partial charge >= 0.3 is 0 Å². The van der Waals surface area contributed by atoms with Gasteiger partial charge in [0.05, 0.1) is 0 Å². The first-order valence-corrected chi connectivity index (χ1v) is 7.79. The lowest BCUT2D eigenvalue weighted by Crippen LogP contribution is -2.31. The fourth-order valence-corrected chi connectivity index (χ4v) is 3.36. The maximum atomic E-state index is 14.2. The lowest BCUT2D eigenvalue weighted by molar-refractivity contribution is 0.267. The van der Waals surface area contributed by atoms with Crippen molar-refractivity contribution in [1.82, 2.24) is 5.32 Å². The van der Waals surface area contributed by atoms with Crippen LogP contribution in [0.3, 0.4) is 0 Å². The highest BCUT2D eigenvalue weighted by Gasteiger charge is 2.28. The van der Waals surface area contributed by atoms with E-state index >= 15 is 0 Å². The van der Waals surface area contributed by atoms with Crippen molar-refractivity contribution in [2.24, 2.45) is 5.92 Å². The van der Waals surface area contributed by atoms with Crippen LogP contribution in [-0.2, 0) is 0 Å². The number of nitrogens with one attached hydrogen (secondary N) is 1. The number of rotatable bonds is 5. The standard InChI is InChI=1S/C16H23ClFN/c1-2-11-19-16(12-7-4-3-5-8-12)15-13(17)9-6-10-14(15)18/h6,9-10,12,16,19H,2-5,7-8,11H2,1H3. The van der Waals surface area contributed by atoms with Gasteiger partial charge in [0.25, 0.3) is 0 Å². The van der Waals surface area contributed by atoms with Gasteiger partial charge in [-0.25, -0.2) is 4.39 Å². The van der Waals surface area contributed by atoms with Crippen molar-refractivity contribution in [3.8, 4) is 0 Å². The Morgan fingerprint density at radius 1 is 1.32 bits per heavy atom. The van der Waals surface area contributed by atoms with Crippen molar-refractivity contribution in [3.63, 3.8) is 0 Å². The van der Waals surface area contributed by atoms with E-state index in [-0.39, 0.29) is 11.9 Å². The van der Waals surface area contributed by atoms with E-state index in [4.69, 9.17) is 11.6 Å². The molecule has 0 radical (unpaired) electrons. The minimum Gasteiger partial charge on any atom is -0.310 e. The molecule has 19 heavy (non-hydrogen) atoms. The molecule has 2 rings (SSSR count). The molecular formula is C16H23ClFN. The third-order valence-corrected chi connectivity index (χ3v) is 4.38. The molecule has 0 amide bonds. The van der Waals surface area contributed by atoms with Gasteiger partial charge in [0.2, 0.25) is 0 Å². The van der Waals surface area contributed by atoms with E-state index in [1.807, 2.05) is 0 Å². The molecule has 1 nitrogen and oxygen atoms in total. The molecule has 1 unspecified atom stereocenters. The fourth-order valence-electron chi connectivity index (χ4n) is 3.08. The van der Waals surface area contributed by atoms with Crippen molar-refractivity contribution in [2.45, 2.75) is 51.5 Å². The van der Waals surface area contributed by atoms with Crippen LogP contribution < -0.4 is 5.32 Å². The third kappa shape index (κ3) is 3.70. The van der Waals surface area contributed by atoms with Crippen LogP contribution >= 0.6 is 11.6 Å². The molecule has 0 saturated heterocycles. The van der Waals surface area contributed by atoms with E-state index in [0.717, 1.165) is 13.0 Å². The zero-order valence-corrected chi connectivity index (χ0v) is 12.3. The van der Waals surface area contributed by atoms with E-state index in [0.29, 0.717) is 16.5 Å². The summed E-state index contributed by atoms with van der Waals surface area (Å²) in [5, 5.41) is 4.07. The molecular weight excluding hydrogens is 261 g/mol. The molecule has 1 fully saturated rings. The van der Waals surface area contributed by atoms with Gasteiger partial charge in [0.1, 0.15) is 5.82 Å². The lowest BCUT2D eigenvalue weighted by atomic mass is 9.81. The normalized spacial score (nSPS) is 18.5. The summed E-state index contributed by atoms with van der Waals surface area (Å²) < 4.78 is 14.2. The Morgan fingerprint density at radius 3 is 2.68 bits per heavy atom. The quantitative estimate of drug-likeness (QED) is 0.793. The molecule has 0 bridgehead atoms. The van der Waals surface area contributed by atoms with Gasteiger partial charge in [0.15, 0.2) is 0 Å². The predicted molar refractivity (Wildman–Crippen MR) is 79.0 cm³/mol. The maximum absolute atomic E-state index is 14.2. The van der Waals surface area contributed by atoms with E-state index < -0.39 is 0 Å². The summed E-state index contributed by atoms with van der Waals surface area (Å²) in [6.07, 6.45) is 7.21. The van der Waals surface area contributed by atoms with Gasteiger partial charge in [-0.15, -0.1) is 0 Å². The maximum Gasteiger partial charge on any atom is 0.129 e. The van der Waals surface area contributed by atoms with E-state index in [1.54, 1.807) is 12.1 Å². The Kier molecular flexibility index (Phi) is 5.65. The molecule has 0 spiro atoms. The monoisotopic (exact) mass is 283 g/mol. The minimum absolute atomic E-state index is 0.0638. The van der Waals surface area contributed by atoms with Crippen LogP contribution in [0.4, 0.5) is 4.39 Å². The first-order chi connectivity index (χ1) is 9.24. The third-order valence-electron chi connectivity index (χ3n) is 4.05. The highest BCUT2D eigenvalue weighted by Crippen LogP contribution is 2.38. The number of hydrogen-bond acceptors (Lipinski definition) is 1. The lowest BCUT2D eigenvalue weighted by Gasteiger charge is -2.32. The SMILES string of the molecule is CCCNC(c1c(F)cccc1Cl)C1CCCCC1. The number of hydrogen-bond donors (Lipinski definition) is 1. The van der Waals surface area contributed by atoms with Crippen molar-refractivity contribution in [1.29, 1.82) is 0 Å². The van der Waals surface area contributed by atoms with Crippen molar-refractivity contribution >= 4 is 11.6 Å². The Balaban J connectivity index is 2.25. The van der Waals surface area contributed by atoms with Crippen molar-refractivity contribution < 1.29 is 4.39 Å². The molecule has 0 heterocycles. The predicted octanol–water partition coefficient (Wildman–Crippen LogP) is 5.10. The van der Waals surface area contributed by atoms with E-state index in [2.05, 4.69) is 12.2 Å². The first-order valence-electron chi connectivity index (χ1n) is 7.41. The average molecular weight is 284 g/mol. The molecule has 1 aromatic rings. The van der Waals surface area contributed by atoms with E-state index in [9.17, 15) is 4.39 Å². The fraction of sp³-hybridized carbons (Fsp3) is 0.625. The largest absolute Gasteiger partial charge is 0.310 e. The van der Waals surface area contributed by atoms with Crippen LogP contribution in [-0.4, -0.2) is 6.54 Å². The summed E-state index contributed by atoms with van der Waals surface area (Å²) in [4.78, 5) is 0. The van der Waals surface area contributed by atoms with Crippen LogP contribution in [0.5, 0.6) is 0 Å². The highest BCUT2D eigenvalue weighted by molar-refractivity contribution is 6.31. The van der Waals surface area contributed by atoms with Crippen LogP contribution in [0.1, 0.15) is 57.1 Å². The summed E-state index contributed by atoms with van der Waals surface area (Å²) in [7, 11) is 0. The molecule has 0 aromatic heterocycles. The van der Waals surface area contributed by atoms with Crippen LogP contribution in [0.2, 0.25) is 5.02 Å². The average Bonchev–Trinajstić information content (AvgIpc) is 2.43. The van der Waals surface area contributed by atoms with Crippen molar-refractivity contribution in [3.05, 3.63) is 34.6 Å². The van der Waals surface area contributed by atoms with Gasteiger partial charge in [-0.05, 0) is 43.9 Å². The van der Waals surface area contributed by atoms with E-state index in [1.165, 1.54) is 38.2 Å². The van der Waals surface area contributed by atoms with Gasteiger partial charge in [0, 0.05) is 16.6 Å². The van der Waals surface area contributed by atoms with Gasteiger partial charge in [-0.3, -0.25) is 0 Å². The summed E-state index contributed by atoms with van der Waals surface area (Å²) in [5.74, 6) is 0.335. The molecule has 0 aliphatic heterocycles. The Hall–Kier alpha value is -0.600. The molecule has 106 valence electrons. The topological polar surface area (TPSA) is 12.0 Å². The van der Waals surface area contributed by atoms with Gasteiger partial charge < -0.3 is 5.32 Å². The number of halogens is 2. The first kappa shape index (κ1) is 14.8. The molecule has 3 heteroatoms. The second-order valence-corrected chi connectivity index (χ2v) is 5.87. The van der Waals surface area contributed by atoms with Crippen molar-refractivity contribution in [2.75, 3.05) is 6.54 Å². The number of benzene rings is 1. The summed E-state index contributed by atoms with van der Waals surface area (Å²) >= 11 is 6.24. The molecule has 1 aromatic carbocycles. The summed E-state index contributed by atoms with van der Waals surface area (Å²) in [6.45, 7) is 3.04. The molecule has 1 N–H and O–H groups in total. The zero-order chi connectivity index (χ0) is 13.7. The second kappa shape index (κ2) is 7.25.